The molecule has 16 heavy (non-hydrogen) atoms. The average molecular weight is 328 g/mol. The first kappa shape index (κ1) is 11.9. The lowest BCUT2D eigenvalue weighted by Gasteiger charge is -2.05. The van der Waals surface area contributed by atoms with Crippen LogP contribution in [-0.2, 0) is 0 Å². The van der Waals surface area contributed by atoms with Crippen molar-refractivity contribution in [3.05, 3.63) is 29.6 Å². The maximum Gasteiger partial charge on any atom is 0.121 e. The van der Waals surface area contributed by atoms with Crippen molar-refractivity contribution in [2.75, 3.05) is 0 Å². The van der Waals surface area contributed by atoms with Gasteiger partial charge in [0.05, 0.1) is 33.9 Å². The van der Waals surface area contributed by atoms with Gasteiger partial charge < -0.3 is 0 Å². The van der Waals surface area contributed by atoms with E-state index in [-0.39, 0.29) is 0 Å². The molecule has 2 aromatic rings. The van der Waals surface area contributed by atoms with Crippen LogP contribution < -0.4 is 0 Å². The predicted octanol–water partition coefficient (Wildman–Crippen LogP) is 4.48. The van der Waals surface area contributed by atoms with Gasteiger partial charge in [-0.15, -0.1) is 0 Å². The zero-order valence-electron chi connectivity index (χ0n) is 10.2. The first-order valence-corrected chi connectivity index (χ1v) is 6.66. The molecule has 0 radical (unpaired) electrons. The largest absolute Gasteiger partial charge is 0.268 e. The van der Waals surface area contributed by atoms with Crippen LogP contribution in [0.4, 0.5) is 0 Å². The lowest BCUT2D eigenvalue weighted by Crippen LogP contribution is -1.94. The van der Waals surface area contributed by atoms with E-state index >= 15 is 0 Å². The maximum atomic E-state index is 4.79. The molecule has 1 aromatic heterocycles. The fourth-order valence-electron chi connectivity index (χ4n) is 1.93. The average Bonchev–Trinajstić information content (AvgIpc) is 2.56. The molecule has 0 saturated carbocycles. The molecule has 86 valence electrons. The molecule has 0 saturated heterocycles. The van der Waals surface area contributed by atoms with Crippen LogP contribution in [-0.4, -0.2) is 7.76 Å². The summed E-state index contributed by atoms with van der Waals surface area (Å²) in [7, 11) is 0. The minimum absolute atomic E-state index is 0.462. The van der Waals surface area contributed by atoms with E-state index in [1.165, 1.54) is 11.1 Å². The minimum atomic E-state index is 0.462. The van der Waals surface area contributed by atoms with E-state index in [1.54, 1.807) is 0 Å². The monoisotopic (exact) mass is 328 g/mol. The molecular weight excluding hydrogens is 311 g/mol. The van der Waals surface area contributed by atoms with E-state index in [0.29, 0.717) is 11.8 Å². The highest BCUT2D eigenvalue weighted by molar-refractivity contribution is 14.1. The second kappa shape index (κ2) is 4.35. The first-order valence-electron chi connectivity index (χ1n) is 5.69. The Morgan fingerprint density at radius 1 is 1.12 bits per heavy atom. The predicted molar refractivity (Wildman–Crippen MR) is 77.3 cm³/mol. The number of fused-ring (bicyclic) bond motifs is 1. The van der Waals surface area contributed by atoms with Crippen LogP contribution in [0.2, 0.25) is 0 Å². The van der Waals surface area contributed by atoms with E-state index in [1.807, 2.05) is 0 Å². The van der Waals surface area contributed by atoms with Gasteiger partial charge in [-0.25, -0.2) is 4.98 Å². The number of imidazole rings is 1. The van der Waals surface area contributed by atoms with Crippen LogP contribution >= 0.6 is 22.9 Å². The van der Waals surface area contributed by atoms with Crippen molar-refractivity contribution < 1.29 is 0 Å². The Hall–Kier alpha value is -0.580. The normalized spacial score (nSPS) is 11.9. The van der Waals surface area contributed by atoms with E-state index in [2.05, 4.69) is 71.5 Å². The van der Waals surface area contributed by atoms with Crippen LogP contribution in [0.1, 0.15) is 50.9 Å². The molecule has 0 aliphatic rings. The number of nitrogens with zero attached hydrogens (tertiary/aromatic N) is 2. The lowest BCUT2D eigenvalue weighted by molar-refractivity contribution is 0.792. The van der Waals surface area contributed by atoms with Gasteiger partial charge in [-0.1, -0.05) is 39.8 Å². The van der Waals surface area contributed by atoms with Crippen molar-refractivity contribution in [3.8, 4) is 0 Å². The van der Waals surface area contributed by atoms with Crippen molar-refractivity contribution in [1.82, 2.24) is 7.76 Å². The first-order chi connectivity index (χ1) is 7.52. The minimum Gasteiger partial charge on any atom is -0.268 e. The molecular formula is C13H17IN2. The summed E-state index contributed by atoms with van der Waals surface area (Å²) in [4.78, 5) is 4.79. The number of para-hydroxylation sites is 1. The van der Waals surface area contributed by atoms with E-state index in [0.717, 1.165) is 11.3 Å². The van der Waals surface area contributed by atoms with Gasteiger partial charge in [-0.2, -0.15) is 0 Å². The van der Waals surface area contributed by atoms with Gasteiger partial charge in [0.15, 0.2) is 0 Å². The quantitative estimate of drug-likeness (QED) is 0.743. The fourth-order valence-corrected chi connectivity index (χ4v) is 2.99. The van der Waals surface area contributed by atoms with E-state index < -0.39 is 0 Å². The lowest BCUT2D eigenvalue weighted by atomic mass is 10.0. The van der Waals surface area contributed by atoms with E-state index in [4.69, 9.17) is 4.98 Å². The summed E-state index contributed by atoms with van der Waals surface area (Å²) in [5, 5.41) is 0. The molecule has 0 aliphatic heterocycles. The standard InChI is InChI=1S/C13H17IN2/c1-8(2)10-6-5-7-11-12(10)15-13(9(3)4)16(11)14/h5-9H,1-4H3. The second-order valence-corrected chi connectivity index (χ2v) is 5.74. The summed E-state index contributed by atoms with van der Waals surface area (Å²) >= 11 is 2.34. The van der Waals surface area contributed by atoms with Gasteiger partial charge in [0.25, 0.3) is 0 Å². The number of halogens is 1. The molecule has 0 fully saturated rings. The highest BCUT2D eigenvalue weighted by Crippen LogP contribution is 2.29. The highest BCUT2D eigenvalue weighted by atomic mass is 127. The molecule has 2 rings (SSSR count). The summed E-state index contributed by atoms with van der Waals surface area (Å²) in [6.07, 6.45) is 0. The Morgan fingerprint density at radius 3 is 2.38 bits per heavy atom. The Labute approximate surface area is 111 Å². The Balaban J connectivity index is 2.75. The molecule has 1 heterocycles. The molecule has 0 bridgehead atoms. The van der Waals surface area contributed by atoms with Crippen LogP contribution in [0.15, 0.2) is 18.2 Å². The van der Waals surface area contributed by atoms with Gasteiger partial charge in [-0.3, -0.25) is 2.78 Å². The summed E-state index contributed by atoms with van der Waals surface area (Å²) in [6.45, 7) is 8.81. The SMILES string of the molecule is CC(C)c1cccc2c1nc(C(C)C)n2I. The Kier molecular flexibility index (Phi) is 3.24. The highest BCUT2D eigenvalue weighted by Gasteiger charge is 2.15. The molecule has 3 heteroatoms. The fraction of sp³-hybridized carbons (Fsp3) is 0.462. The van der Waals surface area contributed by atoms with Gasteiger partial charge in [0.1, 0.15) is 5.82 Å². The Bertz CT molecular complexity index is 512. The van der Waals surface area contributed by atoms with Gasteiger partial charge in [0.2, 0.25) is 0 Å². The summed E-state index contributed by atoms with van der Waals surface area (Å²) in [5.41, 5.74) is 3.74. The summed E-state index contributed by atoms with van der Waals surface area (Å²) in [6, 6.07) is 6.45. The second-order valence-electron chi connectivity index (χ2n) is 4.78. The Morgan fingerprint density at radius 2 is 1.81 bits per heavy atom. The molecule has 0 aliphatic carbocycles. The zero-order chi connectivity index (χ0) is 11.9. The molecule has 2 nitrogen and oxygen atoms in total. The molecule has 0 amide bonds. The third kappa shape index (κ3) is 1.85. The smallest absolute Gasteiger partial charge is 0.121 e. The number of hydrogen-bond donors (Lipinski definition) is 0. The van der Waals surface area contributed by atoms with Crippen molar-refractivity contribution >= 4 is 33.9 Å². The number of hydrogen-bond acceptors (Lipinski definition) is 1. The third-order valence-corrected chi connectivity index (χ3v) is 3.84. The van der Waals surface area contributed by atoms with Crippen molar-refractivity contribution in [3.63, 3.8) is 0 Å². The van der Waals surface area contributed by atoms with Crippen LogP contribution in [0.25, 0.3) is 11.0 Å². The topological polar surface area (TPSA) is 17.8 Å². The maximum absolute atomic E-state index is 4.79. The molecule has 0 unspecified atom stereocenters. The van der Waals surface area contributed by atoms with Gasteiger partial charge in [0, 0.05) is 5.92 Å². The van der Waals surface area contributed by atoms with E-state index in [9.17, 15) is 0 Å². The van der Waals surface area contributed by atoms with Gasteiger partial charge >= 0.3 is 0 Å². The van der Waals surface area contributed by atoms with Gasteiger partial charge in [-0.05, 0) is 17.5 Å². The van der Waals surface area contributed by atoms with Crippen LogP contribution in [0, 0.1) is 0 Å². The van der Waals surface area contributed by atoms with Crippen LogP contribution in [0.5, 0.6) is 0 Å². The third-order valence-electron chi connectivity index (χ3n) is 2.82. The molecule has 0 atom stereocenters. The molecule has 1 aromatic carbocycles. The molecule has 0 N–H and O–H groups in total. The molecule has 0 spiro atoms. The summed E-state index contributed by atoms with van der Waals surface area (Å²) in [5.74, 6) is 2.14. The van der Waals surface area contributed by atoms with Crippen LogP contribution in [0.3, 0.4) is 0 Å². The van der Waals surface area contributed by atoms with Crippen molar-refractivity contribution in [2.45, 2.75) is 39.5 Å². The number of benzene rings is 1. The summed E-state index contributed by atoms with van der Waals surface area (Å²) < 4.78 is 2.18. The number of aromatic nitrogens is 2. The zero-order valence-corrected chi connectivity index (χ0v) is 12.3. The van der Waals surface area contributed by atoms with Crippen molar-refractivity contribution in [1.29, 1.82) is 0 Å². The van der Waals surface area contributed by atoms with Crippen molar-refractivity contribution in [2.24, 2.45) is 0 Å². The number of rotatable bonds is 2.